The molecule has 0 aromatic heterocycles. The Balaban J connectivity index is 2.44. The van der Waals surface area contributed by atoms with Gasteiger partial charge in [0.2, 0.25) is 0 Å². The molecule has 9 heteroatoms. The fraction of sp³-hybridized carbons (Fsp3) is 0.862. The van der Waals surface area contributed by atoms with Gasteiger partial charge in [0.25, 0.3) is 0 Å². The normalized spacial score (nSPS) is 20.5. The molecule has 1 heterocycles. The number of rotatable bonds is 22. The summed E-state index contributed by atoms with van der Waals surface area (Å²) < 4.78 is 39.0. The van der Waals surface area contributed by atoms with E-state index in [0.717, 1.165) is 32.1 Å². The van der Waals surface area contributed by atoms with Crippen molar-refractivity contribution in [3.63, 3.8) is 0 Å². The van der Waals surface area contributed by atoms with Crippen molar-refractivity contribution in [3.05, 3.63) is 12.2 Å². The molecular formula is C29H52O9. The molecule has 0 bridgehead atoms. The van der Waals surface area contributed by atoms with E-state index in [2.05, 4.69) is 0 Å². The number of methoxy groups -OCH3 is 1. The molecule has 0 unspecified atom stereocenters. The Morgan fingerprint density at radius 1 is 0.974 bits per heavy atom. The monoisotopic (exact) mass is 544 g/mol. The van der Waals surface area contributed by atoms with Crippen molar-refractivity contribution in [2.24, 2.45) is 0 Å². The molecule has 0 radical (unpaired) electrons. The minimum Gasteiger partial charge on any atom is -0.463 e. The highest BCUT2D eigenvalue weighted by molar-refractivity contribution is 5.81. The molecule has 1 aliphatic heterocycles. The molecule has 0 spiro atoms. The summed E-state index contributed by atoms with van der Waals surface area (Å²) in [6.45, 7) is 10.2. The Morgan fingerprint density at radius 3 is 2.26 bits per heavy atom. The van der Waals surface area contributed by atoms with E-state index < -0.39 is 17.9 Å². The van der Waals surface area contributed by atoms with E-state index in [4.69, 9.17) is 33.2 Å². The lowest BCUT2D eigenvalue weighted by molar-refractivity contribution is -0.166. The van der Waals surface area contributed by atoms with Gasteiger partial charge >= 0.3 is 11.9 Å². The number of carbonyl (C=O) groups is 2. The number of hydrogen-bond donors (Lipinski definition) is 0. The van der Waals surface area contributed by atoms with Gasteiger partial charge in [0.15, 0.2) is 5.79 Å². The van der Waals surface area contributed by atoms with Crippen molar-refractivity contribution >= 4 is 11.9 Å². The molecule has 1 saturated heterocycles. The Morgan fingerprint density at radius 2 is 1.63 bits per heavy atom. The third-order valence-corrected chi connectivity index (χ3v) is 6.25. The van der Waals surface area contributed by atoms with Gasteiger partial charge in [-0.3, -0.25) is 4.79 Å². The van der Waals surface area contributed by atoms with Crippen LogP contribution in [0.15, 0.2) is 12.2 Å². The van der Waals surface area contributed by atoms with Gasteiger partial charge in [0, 0.05) is 20.1 Å². The SMILES string of the molecule is CCOC(=O)/C=C/[C@@H](OCOCCOC)[C@H]1OC(C)(C)O[C@@H]1CCCCCCCCCC[C@H](C)OC(C)=O. The second-order valence-electron chi connectivity index (χ2n) is 10.2. The number of hydrogen-bond acceptors (Lipinski definition) is 9. The van der Waals surface area contributed by atoms with Crippen molar-refractivity contribution in [1.82, 2.24) is 0 Å². The number of esters is 2. The first kappa shape index (κ1) is 34.5. The summed E-state index contributed by atoms with van der Waals surface area (Å²) in [4.78, 5) is 22.9. The van der Waals surface area contributed by atoms with E-state index in [1.54, 1.807) is 20.1 Å². The van der Waals surface area contributed by atoms with E-state index >= 15 is 0 Å². The molecule has 9 nitrogen and oxygen atoms in total. The molecule has 1 rings (SSSR count). The van der Waals surface area contributed by atoms with Crippen molar-refractivity contribution < 1.29 is 42.7 Å². The van der Waals surface area contributed by atoms with Gasteiger partial charge in [-0.15, -0.1) is 0 Å². The van der Waals surface area contributed by atoms with E-state index in [1.807, 2.05) is 20.8 Å². The van der Waals surface area contributed by atoms with Crippen LogP contribution in [0, 0.1) is 0 Å². The van der Waals surface area contributed by atoms with Crippen molar-refractivity contribution in [3.8, 4) is 0 Å². The summed E-state index contributed by atoms with van der Waals surface area (Å²) in [5, 5.41) is 0. The van der Waals surface area contributed by atoms with Gasteiger partial charge < -0.3 is 33.2 Å². The summed E-state index contributed by atoms with van der Waals surface area (Å²) >= 11 is 0. The van der Waals surface area contributed by atoms with Crippen LogP contribution in [0.3, 0.4) is 0 Å². The van der Waals surface area contributed by atoms with Crippen molar-refractivity contribution in [2.45, 2.75) is 129 Å². The minimum atomic E-state index is -0.738. The lowest BCUT2D eigenvalue weighted by Crippen LogP contribution is -2.37. The highest BCUT2D eigenvalue weighted by atomic mass is 16.8. The predicted octanol–water partition coefficient (Wildman–Crippen LogP) is 5.48. The molecule has 0 N–H and O–H groups in total. The highest BCUT2D eigenvalue weighted by Gasteiger charge is 2.44. The molecule has 0 amide bonds. The smallest absolute Gasteiger partial charge is 0.330 e. The molecule has 1 aliphatic rings. The van der Waals surface area contributed by atoms with E-state index in [-0.39, 0.29) is 31.1 Å². The Hall–Kier alpha value is -1.52. The van der Waals surface area contributed by atoms with Crippen molar-refractivity contribution in [2.75, 3.05) is 33.7 Å². The first-order valence-electron chi connectivity index (χ1n) is 14.2. The van der Waals surface area contributed by atoms with Crippen LogP contribution in [0.2, 0.25) is 0 Å². The molecule has 0 aromatic carbocycles. The summed E-state index contributed by atoms with van der Waals surface area (Å²) in [6, 6.07) is 0. The molecule has 222 valence electrons. The first-order valence-corrected chi connectivity index (χ1v) is 14.2. The Kier molecular flexibility index (Phi) is 18.5. The molecule has 0 aromatic rings. The largest absolute Gasteiger partial charge is 0.463 e. The molecular weight excluding hydrogens is 492 g/mol. The van der Waals surface area contributed by atoms with Gasteiger partial charge in [-0.1, -0.05) is 44.9 Å². The number of ether oxygens (including phenoxy) is 7. The van der Waals surface area contributed by atoms with Crippen LogP contribution in [0.25, 0.3) is 0 Å². The van der Waals surface area contributed by atoms with Gasteiger partial charge in [-0.05, 0) is 53.0 Å². The zero-order chi connectivity index (χ0) is 28.2. The highest BCUT2D eigenvalue weighted by Crippen LogP contribution is 2.34. The maximum Gasteiger partial charge on any atom is 0.330 e. The van der Waals surface area contributed by atoms with Crippen LogP contribution in [0.4, 0.5) is 0 Å². The number of carbonyl (C=O) groups excluding carboxylic acids is 2. The fourth-order valence-electron chi connectivity index (χ4n) is 4.50. The van der Waals surface area contributed by atoms with Crippen LogP contribution in [0.1, 0.15) is 98.8 Å². The fourth-order valence-corrected chi connectivity index (χ4v) is 4.50. The molecule has 4 atom stereocenters. The molecule has 1 fully saturated rings. The van der Waals surface area contributed by atoms with Crippen LogP contribution in [0.5, 0.6) is 0 Å². The van der Waals surface area contributed by atoms with Crippen molar-refractivity contribution in [1.29, 1.82) is 0 Å². The molecule has 38 heavy (non-hydrogen) atoms. The molecule has 0 saturated carbocycles. The Labute approximate surface area is 229 Å². The van der Waals surface area contributed by atoms with Crippen LogP contribution in [-0.4, -0.2) is 75.9 Å². The van der Waals surface area contributed by atoms with Crippen LogP contribution in [-0.2, 0) is 42.7 Å². The van der Waals surface area contributed by atoms with Gasteiger partial charge in [-0.25, -0.2) is 4.79 Å². The van der Waals surface area contributed by atoms with Gasteiger partial charge in [-0.2, -0.15) is 0 Å². The maximum absolute atomic E-state index is 11.9. The summed E-state index contributed by atoms with van der Waals surface area (Å²) in [5.74, 6) is -1.36. The van der Waals surface area contributed by atoms with E-state index in [9.17, 15) is 9.59 Å². The van der Waals surface area contributed by atoms with Gasteiger partial charge in [0.05, 0.1) is 32.0 Å². The second-order valence-corrected chi connectivity index (χ2v) is 10.2. The second kappa shape index (κ2) is 20.4. The summed E-state index contributed by atoms with van der Waals surface area (Å²) in [5.41, 5.74) is 0. The summed E-state index contributed by atoms with van der Waals surface area (Å²) in [7, 11) is 1.61. The van der Waals surface area contributed by atoms with Crippen LogP contribution < -0.4 is 0 Å². The third-order valence-electron chi connectivity index (χ3n) is 6.25. The third kappa shape index (κ3) is 16.4. The Bertz CT molecular complexity index is 664. The predicted molar refractivity (Wildman–Crippen MR) is 145 cm³/mol. The van der Waals surface area contributed by atoms with Crippen LogP contribution >= 0.6 is 0 Å². The van der Waals surface area contributed by atoms with E-state index in [0.29, 0.717) is 19.8 Å². The summed E-state index contributed by atoms with van der Waals surface area (Å²) in [6.07, 6.45) is 13.1. The minimum absolute atomic E-state index is 0.0110. The standard InChI is InChI=1S/C29H52O9/c1-7-34-27(31)19-18-25(35-22-33-21-20-32-6)28-26(37-29(4,5)38-28)17-15-13-11-9-8-10-12-14-16-23(2)36-24(3)30/h18-19,23,25-26,28H,7-17,20-22H2,1-6H3/b19-18+/t23-,25+,26+,28+/m0/s1. The zero-order valence-electron chi connectivity index (χ0n) is 24.5. The average Bonchev–Trinajstić information content (AvgIpc) is 3.15. The quantitative estimate of drug-likeness (QED) is 0.0759. The zero-order valence-corrected chi connectivity index (χ0v) is 24.5. The number of unbranched alkanes of at least 4 members (excludes halogenated alkanes) is 7. The topological polar surface area (TPSA) is 98.8 Å². The average molecular weight is 545 g/mol. The van der Waals surface area contributed by atoms with E-state index in [1.165, 1.54) is 45.1 Å². The lowest BCUT2D eigenvalue weighted by atomic mass is 10.00. The molecule has 0 aliphatic carbocycles. The first-order chi connectivity index (χ1) is 18.2. The van der Waals surface area contributed by atoms with Gasteiger partial charge in [0.1, 0.15) is 19.0 Å². The maximum atomic E-state index is 11.9. The lowest BCUT2D eigenvalue weighted by Gasteiger charge is -2.24.